The van der Waals surface area contributed by atoms with Crippen LogP contribution in [0.4, 0.5) is 0 Å². The Labute approximate surface area is 137 Å². The predicted octanol–water partition coefficient (Wildman–Crippen LogP) is 6.14. The summed E-state index contributed by atoms with van der Waals surface area (Å²) in [7, 11) is 0. The van der Waals surface area contributed by atoms with E-state index >= 15 is 0 Å². The minimum Gasteiger partial charge on any atom is -0.463 e. The minimum atomic E-state index is -0.286. The van der Waals surface area contributed by atoms with E-state index in [0.29, 0.717) is 6.61 Å². The third kappa shape index (κ3) is 16.7. The number of esters is 1. The van der Waals surface area contributed by atoms with Crippen LogP contribution < -0.4 is 0 Å². The summed E-state index contributed by atoms with van der Waals surface area (Å²) in [4.78, 5) is 11.0. The molecule has 0 atom stereocenters. The van der Waals surface area contributed by atoms with E-state index in [1.54, 1.807) is 13.0 Å². The summed E-state index contributed by atoms with van der Waals surface area (Å²) >= 11 is 0. The zero-order chi connectivity index (χ0) is 16.3. The average Bonchev–Trinajstić information content (AvgIpc) is 2.51. The van der Waals surface area contributed by atoms with Crippen LogP contribution in [-0.4, -0.2) is 12.6 Å². The molecule has 0 aromatic carbocycles. The number of hydrogen-bond donors (Lipinski definition) is 0. The van der Waals surface area contributed by atoms with Gasteiger partial charge in [-0.05, 0) is 19.8 Å². The average molecular weight is 306 g/mol. The van der Waals surface area contributed by atoms with Gasteiger partial charge in [0.2, 0.25) is 0 Å². The van der Waals surface area contributed by atoms with Crippen molar-refractivity contribution in [2.75, 3.05) is 6.61 Å². The Balaban J connectivity index is 3.35. The predicted molar refractivity (Wildman–Crippen MR) is 95.9 cm³/mol. The molecule has 0 heterocycles. The lowest BCUT2D eigenvalue weighted by molar-refractivity contribution is -0.137. The number of rotatable bonds is 14. The van der Waals surface area contributed by atoms with Crippen LogP contribution in [0.1, 0.15) is 78.1 Å². The quantitative estimate of drug-likeness (QED) is 0.167. The third-order valence-corrected chi connectivity index (χ3v) is 3.46. The van der Waals surface area contributed by atoms with E-state index in [9.17, 15) is 4.79 Å². The Hall–Kier alpha value is -1.31. The molecule has 0 spiro atoms. The van der Waals surface area contributed by atoms with Gasteiger partial charge in [-0.2, -0.15) is 0 Å². The van der Waals surface area contributed by atoms with E-state index < -0.39 is 0 Å². The normalized spacial score (nSPS) is 11.9. The first kappa shape index (κ1) is 20.7. The number of unbranched alkanes of at least 4 members (excludes halogenated alkanes) is 9. The summed E-state index contributed by atoms with van der Waals surface area (Å²) in [5.41, 5.74) is 0. The molecule has 0 aliphatic heterocycles. The van der Waals surface area contributed by atoms with Crippen molar-refractivity contribution in [3.8, 4) is 0 Å². The van der Waals surface area contributed by atoms with Gasteiger partial charge in [0.05, 0.1) is 6.61 Å². The van der Waals surface area contributed by atoms with Crippen molar-refractivity contribution in [3.05, 3.63) is 36.5 Å². The van der Waals surface area contributed by atoms with Gasteiger partial charge in [-0.15, -0.1) is 0 Å². The highest BCUT2D eigenvalue weighted by Crippen LogP contribution is 2.10. The molecule has 0 saturated carbocycles. The number of carbonyl (C=O) groups is 1. The zero-order valence-electron chi connectivity index (χ0n) is 14.6. The lowest BCUT2D eigenvalue weighted by atomic mass is 10.1. The van der Waals surface area contributed by atoms with Gasteiger partial charge in [-0.3, -0.25) is 0 Å². The van der Waals surface area contributed by atoms with E-state index in [1.165, 1.54) is 63.9 Å². The molecule has 0 saturated heterocycles. The van der Waals surface area contributed by atoms with Gasteiger partial charge >= 0.3 is 5.97 Å². The number of hydrogen-bond acceptors (Lipinski definition) is 2. The minimum absolute atomic E-state index is 0.286. The third-order valence-electron chi connectivity index (χ3n) is 3.46. The number of carbonyl (C=O) groups excluding carboxylic acids is 1. The van der Waals surface area contributed by atoms with E-state index in [4.69, 9.17) is 4.74 Å². The fourth-order valence-corrected chi connectivity index (χ4v) is 2.20. The summed E-state index contributed by atoms with van der Waals surface area (Å²) in [6.45, 7) is 4.49. The van der Waals surface area contributed by atoms with Crippen LogP contribution in [0.2, 0.25) is 0 Å². The molecule has 126 valence electrons. The van der Waals surface area contributed by atoms with Crippen molar-refractivity contribution in [3.63, 3.8) is 0 Å². The second-order valence-corrected chi connectivity index (χ2v) is 5.54. The van der Waals surface area contributed by atoms with E-state index in [2.05, 4.69) is 13.0 Å². The molecule has 0 bridgehead atoms. The van der Waals surface area contributed by atoms with Crippen LogP contribution in [0, 0.1) is 0 Å². The second-order valence-electron chi connectivity index (χ2n) is 5.54. The molecule has 0 aromatic heterocycles. The monoisotopic (exact) mass is 306 g/mol. The molecule has 0 aromatic rings. The first-order chi connectivity index (χ1) is 10.8. The Kier molecular flexibility index (Phi) is 16.7. The second kappa shape index (κ2) is 17.7. The SMILES string of the molecule is CCCCCCCCCCCC=CC=C/C=C/C(=O)OCC. The van der Waals surface area contributed by atoms with Crippen molar-refractivity contribution in [1.82, 2.24) is 0 Å². The standard InChI is InChI=1S/C20H34O2/c1-3-5-6-7-8-9-10-11-12-13-14-15-16-17-18-19-20(21)22-4-2/h14-19H,3-13H2,1-2H3/b15-14?,17-16?,19-18+. The Bertz CT molecular complexity index is 327. The lowest BCUT2D eigenvalue weighted by Gasteiger charge is -2.00. The molecule has 0 unspecified atom stereocenters. The Morgan fingerprint density at radius 3 is 2.00 bits per heavy atom. The van der Waals surface area contributed by atoms with Crippen LogP contribution in [0.25, 0.3) is 0 Å². The smallest absolute Gasteiger partial charge is 0.330 e. The molecular formula is C20H34O2. The van der Waals surface area contributed by atoms with E-state index in [-0.39, 0.29) is 5.97 Å². The highest BCUT2D eigenvalue weighted by molar-refractivity contribution is 5.82. The Morgan fingerprint density at radius 2 is 1.36 bits per heavy atom. The maximum atomic E-state index is 11.0. The van der Waals surface area contributed by atoms with Crippen molar-refractivity contribution in [2.45, 2.75) is 78.1 Å². The van der Waals surface area contributed by atoms with Crippen LogP contribution >= 0.6 is 0 Å². The maximum Gasteiger partial charge on any atom is 0.330 e. The molecule has 0 N–H and O–H groups in total. The summed E-state index contributed by atoms with van der Waals surface area (Å²) < 4.78 is 4.78. The van der Waals surface area contributed by atoms with E-state index in [1.807, 2.05) is 18.2 Å². The summed E-state index contributed by atoms with van der Waals surface area (Å²) in [5, 5.41) is 0. The van der Waals surface area contributed by atoms with Gasteiger partial charge < -0.3 is 4.74 Å². The van der Waals surface area contributed by atoms with Crippen molar-refractivity contribution in [1.29, 1.82) is 0 Å². The lowest BCUT2D eigenvalue weighted by Crippen LogP contribution is -1.98. The van der Waals surface area contributed by atoms with Crippen molar-refractivity contribution in [2.24, 2.45) is 0 Å². The van der Waals surface area contributed by atoms with Crippen LogP contribution in [0.3, 0.4) is 0 Å². The van der Waals surface area contributed by atoms with Gasteiger partial charge in [0.1, 0.15) is 0 Å². The van der Waals surface area contributed by atoms with Gasteiger partial charge in [0, 0.05) is 6.08 Å². The largest absolute Gasteiger partial charge is 0.463 e. The topological polar surface area (TPSA) is 26.3 Å². The number of allylic oxidation sites excluding steroid dienone is 5. The first-order valence-corrected chi connectivity index (χ1v) is 8.97. The maximum absolute atomic E-state index is 11.0. The van der Waals surface area contributed by atoms with Gasteiger partial charge in [0.25, 0.3) is 0 Å². The molecule has 0 fully saturated rings. The molecule has 0 radical (unpaired) electrons. The highest BCUT2D eigenvalue weighted by Gasteiger charge is 1.91. The van der Waals surface area contributed by atoms with Crippen molar-refractivity contribution < 1.29 is 9.53 Å². The molecule has 0 amide bonds. The van der Waals surface area contributed by atoms with Crippen LogP contribution in [0.15, 0.2) is 36.5 Å². The molecular weight excluding hydrogens is 272 g/mol. The summed E-state index contributed by atoms with van der Waals surface area (Å²) in [6.07, 6.45) is 24.7. The number of ether oxygens (including phenoxy) is 1. The molecule has 0 aliphatic rings. The fraction of sp³-hybridized carbons (Fsp3) is 0.650. The summed E-state index contributed by atoms with van der Waals surface area (Å²) in [6, 6.07) is 0. The van der Waals surface area contributed by atoms with Gasteiger partial charge in [0.15, 0.2) is 0 Å². The first-order valence-electron chi connectivity index (χ1n) is 8.97. The summed E-state index contributed by atoms with van der Waals surface area (Å²) in [5.74, 6) is -0.286. The molecule has 2 nitrogen and oxygen atoms in total. The fourth-order valence-electron chi connectivity index (χ4n) is 2.20. The van der Waals surface area contributed by atoms with Crippen molar-refractivity contribution >= 4 is 5.97 Å². The van der Waals surface area contributed by atoms with Gasteiger partial charge in [-0.25, -0.2) is 4.79 Å². The van der Waals surface area contributed by atoms with Gasteiger partial charge in [-0.1, -0.05) is 88.7 Å². The van der Waals surface area contributed by atoms with Crippen LogP contribution in [-0.2, 0) is 9.53 Å². The van der Waals surface area contributed by atoms with Crippen LogP contribution in [0.5, 0.6) is 0 Å². The zero-order valence-corrected chi connectivity index (χ0v) is 14.6. The Morgan fingerprint density at radius 1 is 0.773 bits per heavy atom. The molecule has 22 heavy (non-hydrogen) atoms. The molecule has 0 aliphatic carbocycles. The molecule has 2 heteroatoms. The van der Waals surface area contributed by atoms with E-state index in [0.717, 1.165) is 6.42 Å². The highest BCUT2D eigenvalue weighted by atomic mass is 16.5. The molecule has 0 rings (SSSR count).